The third-order valence-corrected chi connectivity index (χ3v) is 6.05. The number of carbonyl (C=O) groups is 2. The summed E-state index contributed by atoms with van der Waals surface area (Å²) in [5, 5.41) is 3.36. The van der Waals surface area contributed by atoms with Gasteiger partial charge in [-0.25, -0.2) is 4.79 Å². The average Bonchev–Trinajstić information content (AvgIpc) is 3.20. The number of hydrogen-bond donors (Lipinski definition) is 1. The van der Waals surface area contributed by atoms with Crippen LogP contribution in [0.2, 0.25) is 5.02 Å². The van der Waals surface area contributed by atoms with E-state index in [9.17, 15) is 9.59 Å². The Morgan fingerprint density at radius 1 is 1.20 bits per heavy atom. The lowest BCUT2D eigenvalue weighted by molar-refractivity contribution is 0.0808. The monoisotopic (exact) mass is 427 g/mol. The van der Waals surface area contributed by atoms with E-state index < -0.39 is 0 Å². The Morgan fingerprint density at radius 2 is 2.00 bits per heavy atom. The molecule has 1 N–H and O–H groups in total. The lowest BCUT2D eigenvalue weighted by Crippen LogP contribution is -2.38. The number of amides is 2. The van der Waals surface area contributed by atoms with Crippen molar-refractivity contribution in [3.8, 4) is 5.75 Å². The second-order valence-corrected chi connectivity index (χ2v) is 8.27. The fourth-order valence-electron chi connectivity index (χ4n) is 4.26. The van der Waals surface area contributed by atoms with Crippen molar-refractivity contribution >= 4 is 29.1 Å². The maximum Gasteiger partial charge on any atom is 0.321 e. The minimum absolute atomic E-state index is 0.0448. The molecule has 1 atom stereocenters. The van der Waals surface area contributed by atoms with Gasteiger partial charge in [0.2, 0.25) is 0 Å². The highest BCUT2D eigenvalue weighted by molar-refractivity contribution is 6.31. The first kappa shape index (κ1) is 20.7. The zero-order valence-corrected chi connectivity index (χ0v) is 17.8. The first-order valence-corrected chi connectivity index (χ1v) is 10.7. The molecule has 4 rings (SSSR count). The molecule has 0 radical (unpaired) electrons. The Hall–Kier alpha value is -2.57. The predicted octanol–water partition coefficient (Wildman–Crippen LogP) is 3.97. The molecule has 2 saturated heterocycles. The van der Waals surface area contributed by atoms with Crippen LogP contribution in [0.25, 0.3) is 0 Å². The summed E-state index contributed by atoms with van der Waals surface area (Å²) in [5.41, 5.74) is 2.64. The van der Waals surface area contributed by atoms with Gasteiger partial charge in [0.15, 0.2) is 5.78 Å². The van der Waals surface area contributed by atoms with Gasteiger partial charge in [0, 0.05) is 42.8 Å². The Morgan fingerprint density at radius 3 is 2.70 bits per heavy atom. The number of halogens is 1. The molecule has 0 unspecified atom stereocenters. The first-order valence-electron chi connectivity index (χ1n) is 10.3. The summed E-state index contributed by atoms with van der Waals surface area (Å²) in [6, 6.07) is 13.2. The van der Waals surface area contributed by atoms with Crippen molar-refractivity contribution in [2.75, 3.05) is 38.2 Å². The molecule has 2 aromatic carbocycles. The lowest BCUT2D eigenvalue weighted by atomic mass is 9.89. The van der Waals surface area contributed by atoms with Crippen molar-refractivity contribution in [2.24, 2.45) is 5.92 Å². The van der Waals surface area contributed by atoms with Crippen molar-refractivity contribution in [1.82, 2.24) is 10.2 Å². The molecule has 6 nitrogen and oxygen atoms in total. The number of Topliss-reactive ketones (excluding diaryl/α,β-unsaturated/α-hetero) is 1. The molecule has 0 aliphatic carbocycles. The Bertz CT molecular complexity index is 932. The number of urea groups is 1. The predicted molar refractivity (Wildman–Crippen MR) is 118 cm³/mol. The molecule has 2 fully saturated rings. The molecular formula is C23H26ClN3O3. The summed E-state index contributed by atoms with van der Waals surface area (Å²) < 4.78 is 5.37. The van der Waals surface area contributed by atoms with Crippen LogP contribution in [0.3, 0.4) is 0 Å². The van der Waals surface area contributed by atoms with Gasteiger partial charge < -0.3 is 10.1 Å². The van der Waals surface area contributed by atoms with Gasteiger partial charge in [0.05, 0.1) is 12.7 Å². The third-order valence-electron chi connectivity index (χ3n) is 5.81. The van der Waals surface area contributed by atoms with E-state index in [4.69, 9.17) is 16.3 Å². The van der Waals surface area contributed by atoms with Gasteiger partial charge >= 0.3 is 6.03 Å². The number of hydrogen-bond acceptors (Lipinski definition) is 4. The number of piperidine rings is 1. The van der Waals surface area contributed by atoms with Crippen LogP contribution in [0.1, 0.15) is 28.8 Å². The van der Waals surface area contributed by atoms with Crippen molar-refractivity contribution in [1.29, 1.82) is 0 Å². The molecule has 0 saturated carbocycles. The fourth-order valence-corrected chi connectivity index (χ4v) is 4.44. The largest absolute Gasteiger partial charge is 0.496 e. The van der Waals surface area contributed by atoms with Gasteiger partial charge in [-0.3, -0.25) is 14.6 Å². The van der Waals surface area contributed by atoms with E-state index in [-0.39, 0.29) is 17.7 Å². The van der Waals surface area contributed by atoms with Gasteiger partial charge in [-0.2, -0.15) is 0 Å². The van der Waals surface area contributed by atoms with E-state index >= 15 is 0 Å². The van der Waals surface area contributed by atoms with Crippen LogP contribution < -0.4 is 15.0 Å². The molecule has 2 aromatic rings. The topological polar surface area (TPSA) is 61.9 Å². The number of nitrogens with zero attached hydrogens (tertiary/aromatic N) is 2. The van der Waals surface area contributed by atoms with Crippen LogP contribution in [0.4, 0.5) is 10.5 Å². The van der Waals surface area contributed by atoms with E-state index in [1.807, 2.05) is 12.1 Å². The highest BCUT2D eigenvalue weighted by Crippen LogP contribution is 2.29. The number of ether oxygens (including phenoxy) is 1. The van der Waals surface area contributed by atoms with Gasteiger partial charge in [-0.15, -0.1) is 0 Å². The summed E-state index contributed by atoms with van der Waals surface area (Å²) in [5.74, 6) is 0.594. The molecule has 2 amide bonds. The number of nitrogens with one attached hydrogen (secondary N) is 1. The highest BCUT2D eigenvalue weighted by Gasteiger charge is 2.28. The Kier molecular flexibility index (Phi) is 6.25. The normalized spacial score (nSPS) is 19.6. The Labute approximate surface area is 181 Å². The maximum absolute atomic E-state index is 13.1. The smallest absolute Gasteiger partial charge is 0.321 e. The van der Waals surface area contributed by atoms with E-state index in [2.05, 4.69) is 22.3 Å². The molecule has 2 aliphatic heterocycles. The SMILES string of the molecule is COc1ccc(Cl)cc1C(=O)[C@H]1CCCN(Cc2ccc(N3CCNC3=O)cc2)C1. The maximum atomic E-state index is 13.1. The van der Waals surface area contributed by atoms with Gasteiger partial charge in [0.1, 0.15) is 5.75 Å². The summed E-state index contributed by atoms with van der Waals surface area (Å²) in [4.78, 5) is 29.0. The van der Waals surface area contributed by atoms with Crippen LogP contribution in [0.15, 0.2) is 42.5 Å². The molecule has 0 bridgehead atoms. The van der Waals surface area contributed by atoms with Crippen molar-refractivity contribution in [2.45, 2.75) is 19.4 Å². The zero-order valence-electron chi connectivity index (χ0n) is 17.1. The molecule has 7 heteroatoms. The van der Waals surface area contributed by atoms with Crippen molar-refractivity contribution in [3.63, 3.8) is 0 Å². The van der Waals surface area contributed by atoms with E-state index in [1.54, 1.807) is 30.2 Å². The second kappa shape index (κ2) is 9.06. The van der Waals surface area contributed by atoms with E-state index in [1.165, 1.54) is 5.56 Å². The number of benzene rings is 2. The number of ketones is 1. The molecule has 0 spiro atoms. The minimum Gasteiger partial charge on any atom is -0.496 e. The molecular weight excluding hydrogens is 402 g/mol. The van der Waals surface area contributed by atoms with Crippen LogP contribution in [-0.4, -0.2) is 50.0 Å². The second-order valence-electron chi connectivity index (χ2n) is 7.83. The van der Waals surface area contributed by atoms with Gasteiger partial charge in [-0.05, 0) is 55.3 Å². The van der Waals surface area contributed by atoms with Gasteiger partial charge in [-0.1, -0.05) is 23.7 Å². The fraction of sp³-hybridized carbons (Fsp3) is 0.391. The summed E-state index contributed by atoms with van der Waals surface area (Å²) >= 11 is 6.12. The summed E-state index contributed by atoms with van der Waals surface area (Å²) in [7, 11) is 1.57. The van der Waals surface area contributed by atoms with Crippen LogP contribution in [0, 0.1) is 5.92 Å². The molecule has 2 aliphatic rings. The average molecular weight is 428 g/mol. The summed E-state index contributed by atoms with van der Waals surface area (Å²) in [6.45, 7) is 3.84. The molecule has 0 aromatic heterocycles. The lowest BCUT2D eigenvalue weighted by Gasteiger charge is -2.32. The van der Waals surface area contributed by atoms with E-state index in [0.717, 1.165) is 31.6 Å². The zero-order chi connectivity index (χ0) is 21.1. The Balaban J connectivity index is 1.41. The number of anilines is 1. The van der Waals surface area contributed by atoms with Crippen LogP contribution >= 0.6 is 11.6 Å². The van der Waals surface area contributed by atoms with E-state index in [0.29, 0.717) is 36.0 Å². The number of likely N-dealkylation sites (tertiary alicyclic amines) is 1. The minimum atomic E-state index is -0.0707. The first-order chi connectivity index (χ1) is 14.5. The quantitative estimate of drug-likeness (QED) is 0.708. The van der Waals surface area contributed by atoms with Crippen molar-refractivity contribution in [3.05, 3.63) is 58.6 Å². The third kappa shape index (κ3) is 4.45. The number of methoxy groups -OCH3 is 1. The highest BCUT2D eigenvalue weighted by atomic mass is 35.5. The molecule has 2 heterocycles. The van der Waals surface area contributed by atoms with Crippen molar-refractivity contribution < 1.29 is 14.3 Å². The standard InChI is InChI=1S/C23H26ClN3O3/c1-30-21-9-6-18(24)13-20(21)22(28)17-3-2-11-26(15-17)14-16-4-7-19(8-5-16)27-12-10-25-23(27)29/h4-9,13,17H,2-3,10-12,14-15H2,1H3,(H,25,29)/t17-/m0/s1. The van der Waals surface area contributed by atoms with Crippen LogP contribution in [0.5, 0.6) is 5.75 Å². The summed E-state index contributed by atoms with van der Waals surface area (Å²) in [6.07, 6.45) is 1.85. The number of carbonyl (C=O) groups excluding carboxylic acids is 2. The van der Waals surface area contributed by atoms with Crippen LogP contribution in [-0.2, 0) is 6.54 Å². The number of rotatable bonds is 6. The molecule has 30 heavy (non-hydrogen) atoms. The molecule has 158 valence electrons. The van der Waals surface area contributed by atoms with Gasteiger partial charge in [0.25, 0.3) is 0 Å².